The highest BCUT2D eigenvalue weighted by atomic mass is 16.6. The Morgan fingerprint density at radius 3 is 2.52 bits per heavy atom. The number of non-ortho nitro benzene ring substituents is 1. The summed E-state index contributed by atoms with van der Waals surface area (Å²) in [6.07, 6.45) is 0.650. The summed E-state index contributed by atoms with van der Waals surface area (Å²) >= 11 is 0. The van der Waals surface area contributed by atoms with E-state index in [0.29, 0.717) is 23.3 Å². The first-order valence-corrected chi connectivity index (χ1v) is 9.72. The van der Waals surface area contributed by atoms with E-state index in [1.54, 1.807) is 6.07 Å². The second-order valence-electron chi connectivity index (χ2n) is 7.43. The molecule has 0 saturated carbocycles. The molecule has 0 spiro atoms. The van der Waals surface area contributed by atoms with Gasteiger partial charge in [-0.15, -0.1) is 0 Å². The number of hydrogen-bond donors (Lipinski definition) is 1. The van der Waals surface area contributed by atoms with Crippen molar-refractivity contribution in [1.29, 1.82) is 0 Å². The summed E-state index contributed by atoms with van der Waals surface area (Å²) in [5, 5.41) is 11.3. The molecule has 0 radical (unpaired) electrons. The minimum Gasteiger partial charge on any atom is -0.465 e. The van der Waals surface area contributed by atoms with Crippen LogP contribution in [0, 0.1) is 10.1 Å². The number of allylic oxidation sites excluding steroid dienone is 2. The lowest BCUT2D eigenvalue weighted by molar-refractivity contribution is -0.384. The summed E-state index contributed by atoms with van der Waals surface area (Å²) in [7, 11) is 1.20. The zero-order valence-electron chi connectivity index (χ0n) is 16.7. The Kier molecular flexibility index (Phi) is 5.29. The highest BCUT2D eigenvalue weighted by Crippen LogP contribution is 2.47. The van der Waals surface area contributed by atoms with Gasteiger partial charge in [0.05, 0.1) is 18.0 Å². The van der Waals surface area contributed by atoms with Crippen LogP contribution in [0.2, 0.25) is 0 Å². The van der Waals surface area contributed by atoms with Gasteiger partial charge in [-0.05, 0) is 17.0 Å². The Labute approximate surface area is 178 Å². The average Bonchev–Trinajstić information content (AvgIpc) is 2.78. The van der Waals surface area contributed by atoms with Crippen LogP contribution >= 0.6 is 0 Å². The van der Waals surface area contributed by atoms with Crippen molar-refractivity contribution in [2.24, 2.45) is 5.73 Å². The molecule has 0 bridgehead atoms. The fourth-order valence-corrected chi connectivity index (χ4v) is 4.23. The molecule has 0 amide bonds. The maximum absolute atomic E-state index is 13.3. The third kappa shape index (κ3) is 3.68. The Hall–Kier alpha value is -3.94. The minimum atomic E-state index is -0.902. The van der Waals surface area contributed by atoms with Crippen LogP contribution in [0.4, 0.5) is 5.69 Å². The van der Waals surface area contributed by atoms with Gasteiger partial charge in [0.1, 0.15) is 11.3 Å². The standard InChI is InChI=1S/C23H20N2O6/c1-30-23(27)21-19(14-8-5-9-16(10-14)25(28)29)20-17(26)11-15(12-18(20)31-22(21)24)13-6-3-2-4-7-13/h2-10,15,19H,11-12,24H2,1H3/t15-,19+/m0/s1. The molecule has 0 unspecified atom stereocenters. The molecule has 4 rings (SSSR count). The average molecular weight is 420 g/mol. The first-order valence-electron chi connectivity index (χ1n) is 9.72. The van der Waals surface area contributed by atoms with Crippen molar-refractivity contribution < 1.29 is 24.0 Å². The number of carbonyl (C=O) groups is 2. The van der Waals surface area contributed by atoms with Crippen molar-refractivity contribution in [2.45, 2.75) is 24.7 Å². The topological polar surface area (TPSA) is 122 Å². The first kappa shape index (κ1) is 20.3. The minimum absolute atomic E-state index is 0.0340. The lowest BCUT2D eigenvalue weighted by Crippen LogP contribution is -2.32. The van der Waals surface area contributed by atoms with Crippen LogP contribution in [0.25, 0.3) is 0 Å². The summed E-state index contributed by atoms with van der Waals surface area (Å²) in [6.45, 7) is 0. The molecule has 2 N–H and O–H groups in total. The second-order valence-corrected chi connectivity index (χ2v) is 7.43. The number of ketones is 1. The molecule has 0 saturated heterocycles. The Balaban J connectivity index is 1.84. The quantitative estimate of drug-likeness (QED) is 0.457. The van der Waals surface area contributed by atoms with Crippen LogP contribution in [-0.2, 0) is 19.1 Å². The smallest absolute Gasteiger partial charge is 0.340 e. The molecular weight excluding hydrogens is 400 g/mol. The van der Waals surface area contributed by atoms with Crippen molar-refractivity contribution in [3.63, 3.8) is 0 Å². The fourth-order valence-electron chi connectivity index (χ4n) is 4.23. The molecule has 2 aromatic carbocycles. The van der Waals surface area contributed by atoms with Gasteiger partial charge < -0.3 is 15.2 Å². The third-order valence-electron chi connectivity index (χ3n) is 5.63. The highest BCUT2D eigenvalue weighted by molar-refractivity contribution is 6.03. The van der Waals surface area contributed by atoms with Crippen molar-refractivity contribution in [3.05, 3.63) is 98.6 Å². The van der Waals surface area contributed by atoms with Crippen molar-refractivity contribution in [1.82, 2.24) is 0 Å². The molecule has 1 aliphatic carbocycles. The number of Topliss-reactive ketones (excluding diaryl/α,β-unsaturated/α-hetero) is 1. The van der Waals surface area contributed by atoms with E-state index in [4.69, 9.17) is 15.2 Å². The number of nitrogens with zero attached hydrogens (tertiary/aromatic N) is 1. The molecule has 8 nitrogen and oxygen atoms in total. The largest absolute Gasteiger partial charge is 0.465 e. The lowest BCUT2D eigenvalue weighted by Gasteiger charge is -2.35. The number of benzene rings is 2. The number of hydrogen-bond acceptors (Lipinski definition) is 7. The van der Waals surface area contributed by atoms with Gasteiger partial charge in [0.2, 0.25) is 5.88 Å². The van der Waals surface area contributed by atoms with E-state index < -0.39 is 16.8 Å². The zero-order valence-corrected chi connectivity index (χ0v) is 16.7. The molecule has 2 atom stereocenters. The molecule has 1 aliphatic heterocycles. The van der Waals surface area contributed by atoms with Crippen molar-refractivity contribution in [2.75, 3.05) is 7.11 Å². The number of esters is 1. The van der Waals surface area contributed by atoms with E-state index in [1.807, 2.05) is 30.3 Å². The van der Waals surface area contributed by atoms with E-state index in [2.05, 4.69) is 0 Å². The highest BCUT2D eigenvalue weighted by Gasteiger charge is 2.43. The molecule has 1 heterocycles. The summed E-state index contributed by atoms with van der Waals surface area (Å²) in [6, 6.07) is 15.4. The van der Waals surface area contributed by atoms with Crippen LogP contribution in [0.3, 0.4) is 0 Å². The van der Waals surface area contributed by atoms with E-state index in [0.717, 1.165) is 5.56 Å². The summed E-state index contributed by atoms with van der Waals surface area (Å²) in [5.41, 5.74) is 7.60. The molecule has 158 valence electrons. The molecular formula is C23H20N2O6. The second kappa shape index (κ2) is 8.06. The third-order valence-corrected chi connectivity index (χ3v) is 5.63. The van der Waals surface area contributed by atoms with Crippen molar-refractivity contribution in [3.8, 4) is 0 Å². The first-order chi connectivity index (χ1) is 14.9. The van der Waals surface area contributed by atoms with Crippen LogP contribution < -0.4 is 5.73 Å². The van der Waals surface area contributed by atoms with Crippen molar-refractivity contribution >= 4 is 17.4 Å². The van der Waals surface area contributed by atoms with Gasteiger partial charge in [-0.3, -0.25) is 14.9 Å². The fraction of sp³-hybridized carbons (Fsp3) is 0.217. The molecule has 2 aromatic rings. The predicted octanol–water partition coefficient (Wildman–Crippen LogP) is 3.45. The zero-order chi connectivity index (χ0) is 22.1. The van der Waals surface area contributed by atoms with Crippen LogP contribution in [0.1, 0.15) is 35.8 Å². The van der Waals surface area contributed by atoms with Gasteiger partial charge >= 0.3 is 5.97 Å². The molecule has 0 fully saturated rings. The summed E-state index contributed by atoms with van der Waals surface area (Å²) < 4.78 is 10.6. The molecule has 8 heteroatoms. The molecule has 31 heavy (non-hydrogen) atoms. The van der Waals surface area contributed by atoms with Gasteiger partial charge in [-0.1, -0.05) is 42.5 Å². The number of rotatable bonds is 4. The van der Waals surface area contributed by atoms with E-state index >= 15 is 0 Å². The number of nitro benzene ring substituents is 1. The Morgan fingerprint density at radius 2 is 1.84 bits per heavy atom. The maximum Gasteiger partial charge on any atom is 0.340 e. The predicted molar refractivity (Wildman–Crippen MR) is 111 cm³/mol. The van der Waals surface area contributed by atoms with Crippen LogP contribution in [-0.4, -0.2) is 23.8 Å². The SMILES string of the molecule is COC(=O)C1=C(N)OC2=C(C(=O)C[C@H](c3ccccc3)C2)[C@H]1c1cccc([N+](=O)[O-])c1. The number of nitro groups is 1. The summed E-state index contributed by atoms with van der Waals surface area (Å²) in [4.78, 5) is 36.6. The monoisotopic (exact) mass is 420 g/mol. The normalized spacial score (nSPS) is 20.7. The summed E-state index contributed by atoms with van der Waals surface area (Å²) in [5.74, 6) is -1.72. The van der Waals surface area contributed by atoms with Gasteiger partial charge in [0, 0.05) is 30.5 Å². The van der Waals surface area contributed by atoms with Gasteiger partial charge in [-0.2, -0.15) is 0 Å². The van der Waals surface area contributed by atoms with E-state index in [-0.39, 0.29) is 35.3 Å². The maximum atomic E-state index is 13.3. The molecule has 0 aromatic heterocycles. The van der Waals surface area contributed by atoms with Gasteiger partial charge in [-0.25, -0.2) is 4.79 Å². The Bertz CT molecular complexity index is 1140. The van der Waals surface area contributed by atoms with Crippen LogP contribution in [0.5, 0.6) is 0 Å². The number of methoxy groups -OCH3 is 1. The number of ether oxygens (including phenoxy) is 2. The van der Waals surface area contributed by atoms with E-state index in [9.17, 15) is 19.7 Å². The number of nitrogens with two attached hydrogens (primary N) is 1. The van der Waals surface area contributed by atoms with Gasteiger partial charge in [0.25, 0.3) is 5.69 Å². The molecule has 2 aliphatic rings. The van der Waals surface area contributed by atoms with Crippen LogP contribution in [0.15, 0.2) is 77.4 Å². The number of carbonyl (C=O) groups excluding carboxylic acids is 2. The van der Waals surface area contributed by atoms with E-state index in [1.165, 1.54) is 25.3 Å². The van der Waals surface area contributed by atoms with Gasteiger partial charge in [0.15, 0.2) is 5.78 Å². The lowest BCUT2D eigenvalue weighted by atomic mass is 9.73. The Morgan fingerprint density at radius 1 is 1.13 bits per heavy atom.